The molecule has 2 aromatic heterocycles. The third kappa shape index (κ3) is 4.43. The molecule has 0 spiro atoms. The molecule has 0 saturated carbocycles. The minimum absolute atomic E-state index is 0.320. The number of amides is 1. The highest BCUT2D eigenvalue weighted by Gasteiger charge is 2.19. The molecule has 24 heavy (non-hydrogen) atoms. The average Bonchev–Trinajstić information content (AvgIpc) is 2.92. The van der Waals surface area contributed by atoms with Crippen LogP contribution in [-0.4, -0.2) is 33.6 Å². The number of carbonyl (C=O) groups is 1. The molecule has 0 aliphatic carbocycles. The number of hydrogen-bond donors (Lipinski definition) is 1. The molecule has 1 atom stereocenters. The Morgan fingerprint density at radius 2 is 2.08 bits per heavy atom. The molecule has 1 N–H and O–H groups in total. The third-order valence-corrected chi connectivity index (χ3v) is 3.13. The van der Waals surface area contributed by atoms with E-state index in [2.05, 4.69) is 15.4 Å². The van der Waals surface area contributed by atoms with Crippen LogP contribution in [-0.2, 0) is 4.74 Å². The van der Waals surface area contributed by atoms with Gasteiger partial charge in [-0.1, -0.05) is 0 Å². The first kappa shape index (κ1) is 17.7. The molecule has 0 bridgehead atoms. The summed E-state index contributed by atoms with van der Waals surface area (Å²) in [6.07, 6.45) is 3.63. The maximum Gasteiger partial charge on any atom is 0.412 e. The van der Waals surface area contributed by atoms with E-state index in [1.165, 1.54) is 19.4 Å². The van der Waals surface area contributed by atoms with Crippen molar-refractivity contribution in [3.05, 3.63) is 36.0 Å². The summed E-state index contributed by atoms with van der Waals surface area (Å²) in [5.41, 5.74) is 0.428. The molecule has 0 aliphatic heterocycles. The van der Waals surface area contributed by atoms with E-state index >= 15 is 0 Å². The smallest absolute Gasteiger partial charge is 0.412 e. The lowest BCUT2D eigenvalue weighted by molar-refractivity contribution is 0.0636. The van der Waals surface area contributed by atoms with Gasteiger partial charge in [0, 0.05) is 11.8 Å². The van der Waals surface area contributed by atoms with Gasteiger partial charge in [-0.2, -0.15) is 5.10 Å². The molecular formula is C16H21FN4O3. The van der Waals surface area contributed by atoms with E-state index in [0.717, 1.165) is 6.20 Å². The number of nitrogens with zero attached hydrogens (tertiary/aromatic N) is 3. The molecule has 7 nitrogen and oxygen atoms in total. The minimum Gasteiger partial charge on any atom is -0.481 e. The van der Waals surface area contributed by atoms with Gasteiger partial charge in [0.1, 0.15) is 11.4 Å². The maximum atomic E-state index is 13.5. The van der Waals surface area contributed by atoms with Gasteiger partial charge >= 0.3 is 6.09 Å². The van der Waals surface area contributed by atoms with Gasteiger partial charge in [-0.15, -0.1) is 0 Å². The quantitative estimate of drug-likeness (QED) is 0.926. The van der Waals surface area contributed by atoms with Crippen molar-refractivity contribution in [2.24, 2.45) is 0 Å². The Hall–Kier alpha value is -2.64. The van der Waals surface area contributed by atoms with Gasteiger partial charge in [-0.05, 0) is 33.8 Å². The van der Waals surface area contributed by atoms with Crippen LogP contribution in [0, 0.1) is 5.82 Å². The van der Waals surface area contributed by atoms with Crippen LogP contribution in [0.3, 0.4) is 0 Å². The first-order valence-corrected chi connectivity index (χ1v) is 7.43. The van der Waals surface area contributed by atoms with Crippen LogP contribution in [0.1, 0.15) is 39.3 Å². The van der Waals surface area contributed by atoms with E-state index in [1.807, 2.05) is 6.92 Å². The Labute approximate surface area is 139 Å². The second-order valence-corrected chi connectivity index (χ2v) is 6.26. The zero-order chi connectivity index (χ0) is 17.9. The highest BCUT2D eigenvalue weighted by molar-refractivity contribution is 5.84. The number of nitrogens with one attached hydrogen (secondary N) is 1. The van der Waals surface area contributed by atoms with Crippen molar-refractivity contribution >= 4 is 11.8 Å². The number of anilines is 1. The number of ether oxygens (including phenoxy) is 2. The average molecular weight is 336 g/mol. The van der Waals surface area contributed by atoms with Gasteiger partial charge in [0.15, 0.2) is 0 Å². The van der Waals surface area contributed by atoms with Crippen molar-refractivity contribution in [2.75, 3.05) is 12.4 Å². The molecule has 0 aromatic carbocycles. The lowest BCUT2D eigenvalue weighted by Crippen LogP contribution is -2.27. The highest BCUT2D eigenvalue weighted by Crippen LogP contribution is 2.26. The second-order valence-electron chi connectivity index (χ2n) is 6.26. The van der Waals surface area contributed by atoms with E-state index in [4.69, 9.17) is 9.47 Å². The molecule has 0 radical (unpaired) electrons. The van der Waals surface area contributed by atoms with E-state index in [-0.39, 0.29) is 6.04 Å². The molecule has 1 unspecified atom stereocenters. The van der Waals surface area contributed by atoms with Crippen LogP contribution in [0.15, 0.2) is 24.7 Å². The fourth-order valence-corrected chi connectivity index (χ4v) is 2.09. The van der Waals surface area contributed by atoms with Crippen LogP contribution in [0.5, 0.6) is 5.88 Å². The van der Waals surface area contributed by atoms with Gasteiger partial charge in [0.25, 0.3) is 0 Å². The largest absolute Gasteiger partial charge is 0.481 e. The summed E-state index contributed by atoms with van der Waals surface area (Å²) in [4.78, 5) is 15.7. The standard InChI is InChI=1S/C16H21FN4O3/c1-10(13-6-11(17)7-18-14(13)23-5)21-9-12(8-19-21)20-15(22)24-16(2,3)4/h6-10H,1-5H3,(H,20,22). The van der Waals surface area contributed by atoms with Crippen molar-refractivity contribution in [1.82, 2.24) is 14.8 Å². The van der Waals surface area contributed by atoms with Gasteiger partial charge < -0.3 is 9.47 Å². The van der Waals surface area contributed by atoms with Crippen molar-refractivity contribution < 1.29 is 18.7 Å². The minimum atomic E-state index is -0.589. The molecule has 0 fully saturated rings. The molecule has 2 aromatic rings. The van der Waals surface area contributed by atoms with Crippen LogP contribution in [0.2, 0.25) is 0 Å². The molecule has 0 aliphatic rings. The summed E-state index contributed by atoms with van der Waals surface area (Å²) >= 11 is 0. The monoisotopic (exact) mass is 336 g/mol. The molecule has 8 heteroatoms. The molecular weight excluding hydrogens is 315 g/mol. The van der Waals surface area contributed by atoms with Crippen molar-refractivity contribution in [3.8, 4) is 5.88 Å². The zero-order valence-electron chi connectivity index (χ0n) is 14.3. The number of pyridine rings is 1. The van der Waals surface area contributed by atoms with Crippen LogP contribution < -0.4 is 10.1 Å². The fourth-order valence-electron chi connectivity index (χ4n) is 2.09. The summed E-state index contributed by atoms with van der Waals surface area (Å²) in [6, 6.07) is 1.01. The third-order valence-electron chi connectivity index (χ3n) is 3.13. The highest BCUT2D eigenvalue weighted by atomic mass is 19.1. The van der Waals surface area contributed by atoms with Crippen LogP contribution in [0.4, 0.5) is 14.9 Å². The fraction of sp³-hybridized carbons (Fsp3) is 0.438. The molecule has 2 rings (SSSR count). The van der Waals surface area contributed by atoms with Crippen molar-refractivity contribution in [2.45, 2.75) is 39.3 Å². The predicted octanol–water partition coefficient (Wildman–Crippen LogP) is 3.38. The number of halogens is 1. The summed E-state index contributed by atoms with van der Waals surface area (Å²) in [7, 11) is 1.47. The number of rotatable bonds is 4. The van der Waals surface area contributed by atoms with E-state index in [9.17, 15) is 9.18 Å². The number of methoxy groups -OCH3 is 1. The molecule has 1 amide bonds. The Kier molecular flexibility index (Phi) is 5.06. The zero-order valence-corrected chi connectivity index (χ0v) is 14.3. The van der Waals surface area contributed by atoms with Gasteiger partial charge in [-0.3, -0.25) is 10.00 Å². The van der Waals surface area contributed by atoms with Crippen LogP contribution in [0.25, 0.3) is 0 Å². The molecule has 130 valence electrons. The summed E-state index contributed by atoms with van der Waals surface area (Å²) in [5, 5.41) is 6.79. The van der Waals surface area contributed by atoms with Gasteiger partial charge in [0.05, 0.1) is 31.2 Å². The van der Waals surface area contributed by atoms with E-state index < -0.39 is 17.5 Å². The summed E-state index contributed by atoms with van der Waals surface area (Å²) in [6.45, 7) is 7.16. The number of carbonyl (C=O) groups excluding carboxylic acids is 1. The first-order chi connectivity index (χ1) is 11.2. The Balaban J connectivity index is 2.15. The van der Waals surface area contributed by atoms with E-state index in [1.54, 1.807) is 31.6 Å². The first-order valence-electron chi connectivity index (χ1n) is 7.43. The van der Waals surface area contributed by atoms with Gasteiger partial charge in [-0.25, -0.2) is 14.2 Å². The topological polar surface area (TPSA) is 78.3 Å². The molecule has 0 saturated heterocycles. The molecule has 2 heterocycles. The number of aromatic nitrogens is 3. The summed E-state index contributed by atoms with van der Waals surface area (Å²) in [5.74, 6) is -0.141. The Bertz CT molecular complexity index is 724. The SMILES string of the molecule is COc1ncc(F)cc1C(C)n1cc(NC(=O)OC(C)(C)C)cn1. The number of hydrogen-bond acceptors (Lipinski definition) is 5. The van der Waals surface area contributed by atoms with Crippen LogP contribution >= 0.6 is 0 Å². The lowest BCUT2D eigenvalue weighted by Gasteiger charge is -2.19. The maximum absolute atomic E-state index is 13.5. The summed E-state index contributed by atoms with van der Waals surface area (Å²) < 4.78 is 25.4. The van der Waals surface area contributed by atoms with Crippen molar-refractivity contribution in [3.63, 3.8) is 0 Å². The predicted molar refractivity (Wildman–Crippen MR) is 86.6 cm³/mol. The normalized spacial score (nSPS) is 12.6. The Morgan fingerprint density at radius 3 is 2.71 bits per heavy atom. The lowest BCUT2D eigenvalue weighted by atomic mass is 10.1. The van der Waals surface area contributed by atoms with E-state index in [0.29, 0.717) is 17.1 Å². The van der Waals surface area contributed by atoms with Crippen molar-refractivity contribution in [1.29, 1.82) is 0 Å². The second kappa shape index (κ2) is 6.86. The Morgan fingerprint density at radius 1 is 1.38 bits per heavy atom. The van der Waals surface area contributed by atoms with Gasteiger partial charge in [0.2, 0.25) is 5.88 Å².